The fourth-order valence-corrected chi connectivity index (χ4v) is 10.6. The monoisotopic (exact) mass is 1400 g/mol. The van der Waals surface area contributed by atoms with E-state index in [0.717, 1.165) is 16.5 Å². The van der Waals surface area contributed by atoms with Crippen LogP contribution < -0.4 is 76.1 Å². The lowest BCUT2D eigenvalue weighted by Crippen LogP contribution is -2.60. The van der Waals surface area contributed by atoms with Crippen LogP contribution in [-0.4, -0.2) is 206 Å². The normalized spacial score (nSPS) is 13.8. The van der Waals surface area contributed by atoms with Gasteiger partial charge in [0, 0.05) is 47.0 Å². The summed E-state index contributed by atoms with van der Waals surface area (Å²) < 4.78 is 0. The van der Waals surface area contributed by atoms with Crippen molar-refractivity contribution < 1.29 is 92.7 Å². The Balaban J connectivity index is 1.35. The van der Waals surface area contributed by atoms with Gasteiger partial charge in [-0.05, 0) is 125 Å². The van der Waals surface area contributed by atoms with E-state index >= 15 is 0 Å². The molecule has 10 amide bonds. The number of nitrogens with two attached hydrogens (primary N) is 4. The number of hydrogen-bond acceptors (Lipinski definition) is 19. The minimum atomic E-state index is -2.00. The number of carboxylic acids is 4. The Morgan fingerprint density at radius 1 is 0.380 bits per heavy atom. The number of para-hydroxylation sites is 2. The summed E-state index contributed by atoms with van der Waals surface area (Å²) in [6.45, 7) is -1.21. The number of carbonyl (C=O) groups excluding carboxylic acids is 10. The highest BCUT2D eigenvalue weighted by Crippen LogP contribution is 2.22. The van der Waals surface area contributed by atoms with E-state index in [2.05, 4.69) is 57.8 Å². The van der Waals surface area contributed by atoms with E-state index in [1.165, 1.54) is 24.3 Å². The second kappa shape index (κ2) is 40.6. The van der Waals surface area contributed by atoms with Crippen LogP contribution in [-0.2, 0) is 86.4 Å². The van der Waals surface area contributed by atoms with Crippen molar-refractivity contribution >= 4 is 105 Å². The number of aromatic hydroxyl groups is 1. The third-order valence-electron chi connectivity index (χ3n) is 15.8. The number of phenols is 1. The van der Waals surface area contributed by atoms with Crippen LogP contribution in [0.3, 0.4) is 0 Å². The Morgan fingerprint density at radius 3 is 1.18 bits per heavy atom. The number of carboxylic acid groups (broad SMARTS) is 4. The first kappa shape index (κ1) is 79.6. The fourth-order valence-electron chi connectivity index (χ4n) is 10.6. The lowest BCUT2D eigenvalue weighted by Gasteiger charge is -2.27. The number of benzene rings is 3. The van der Waals surface area contributed by atoms with E-state index in [1.54, 1.807) is 36.7 Å². The van der Waals surface area contributed by atoms with E-state index in [0.29, 0.717) is 41.3 Å². The van der Waals surface area contributed by atoms with E-state index < -0.39 is 170 Å². The zero-order valence-corrected chi connectivity index (χ0v) is 54.7. The SMILES string of the molecule is NCCCC[C@H](NC(=O)CNC(=O)[C@@H](N)Cc1c[nH]c2ccccc12)C(=O)N[C@@H](Cc1c[nH]c2ccccc12)C(=O)N[C@@H](Cc1ccc(O)cc1)C(=O)N[C@@H](CCCCN)C(=O)N[C@@H](CC(=O)O)C(=O)NCC(=O)N[C@@H](CC(=O)O)C(=O)N[C@@H](CCCCN)C(=O)N[C@@H](CC(=O)O)C(=O)O. The zero-order chi connectivity index (χ0) is 73.4. The predicted molar refractivity (Wildman–Crippen MR) is 358 cm³/mol. The third kappa shape index (κ3) is 26.4. The maximum atomic E-state index is 15.0. The lowest BCUT2D eigenvalue weighted by molar-refractivity contribution is -0.147. The number of nitrogens with one attached hydrogen (secondary N) is 12. The maximum absolute atomic E-state index is 15.0. The standard InChI is InChI=1S/C65H88N16O19/c66-22-8-5-15-44(74-52(83)33-72-57(91)41(69)26-36-31-70-42-13-3-1-11-39(36)42)59(93)79-48(27-37-32-71-43-14-4-2-12-40(37)43)63(97)78-47(25-35-18-20-38(82)21-19-35)62(96)76-45(16-6-9-23-67)60(94)80-49(28-54(85)86)58(92)73-34-53(84)75-50(29-55(87)88)64(98)77-46(17-7-10-24-68)61(95)81-51(65(99)100)30-56(89)90/h1-4,11-14,18-21,31-32,41,44-51,70-71,82H,5-10,15-17,22-30,33-34,66-69H2,(H,72,91)(H,73,92)(H,74,83)(H,75,84)(H,76,96)(H,77,98)(H,78,97)(H,79,93)(H,80,94)(H,81,95)(H,85,86)(H,87,88)(H,89,90)(H,99,100)/t41-,44-,45-,46-,47-,48-,49-,50-,51-/m0/s1. The fraction of sp³-hybridized carbons (Fsp3) is 0.446. The predicted octanol–water partition coefficient (Wildman–Crippen LogP) is -3.28. The molecule has 2 heterocycles. The van der Waals surface area contributed by atoms with Gasteiger partial charge in [-0.15, -0.1) is 0 Å². The largest absolute Gasteiger partial charge is 0.508 e. The van der Waals surface area contributed by atoms with Crippen LogP contribution in [0.25, 0.3) is 21.8 Å². The van der Waals surface area contributed by atoms with Gasteiger partial charge in [-0.3, -0.25) is 62.3 Å². The Bertz CT molecular complexity index is 3670. The highest BCUT2D eigenvalue weighted by Gasteiger charge is 2.36. The van der Waals surface area contributed by atoms with E-state index in [1.807, 2.05) is 29.6 Å². The van der Waals surface area contributed by atoms with Gasteiger partial charge in [-0.1, -0.05) is 48.5 Å². The summed E-state index contributed by atoms with van der Waals surface area (Å²) in [6, 6.07) is 5.34. The lowest BCUT2D eigenvalue weighted by atomic mass is 10.0. The molecule has 35 nitrogen and oxygen atoms in total. The van der Waals surface area contributed by atoms with Crippen molar-refractivity contribution in [2.24, 2.45) is 22.9 Å². The van der Waals surface area contributed by atoms with E-state index in [-0.39, 0.29) is 83.2 Å². The summed E-state index contributed by atoms with van der Waals surface area (Å²) in [6.07, 6.45) is 0.874. The number of phenolic OH excluding ortho intramolecular Hbond substituents is 1. The number of rotatable bonds is 45. The number of hydrogen-bond donors (Lipinski definition) is 21. The molecule has 0 spiro atoms. The van der Waals surface area contributed by atoms with Gasteiger partial charge in [0.25, 0.3) is 0 Å². The van der Waals surface area contributed by atoms with Crippen LogP contribution >= 0.6 is 0 Å². The molecule has 35 heteroatoms. The summed E-state index contributed by atoms with van der Waals surface area (Å²) in [5.41, 5.74) is 26.6. The number of amides is 10. The van der Waals surface area contributed by atoms with E-state index in [4.69, 9.17) is 28.0 Å². The highest BCUT2D eigenvalue weighted by atomic mass is 16.4. The first-order chi connectivity index (χ1) is 47.7. The molecule has 3 aromatic carbocycles. The molecule has 0 bridgehead atoms. The van der Waals surface area contributed by atoms with Crippen molar-refractivity contribution in [3.63, 3.8) is 0 Å². The molecule has 0 unspecified atom stereocenters. The number of H-pyrrole nitrogens is 2. The quantitative estimate of drug-likeness (QED) is 0.0170. The number of carbonyl (C=O) groups is 14. The number of aromatic nitrogens is 2. The number of fused-ring (bicyclic) bond motifs is 2. The Labute approximate surface area is 572 Å². The summed E-state index contributed by atoms with van der Waals surface area (Å²) >= 11 is 0. The molecule has 0 radical (unpaired) electrons. The maximum Gasteiger partial charge on any atom is 0.326 e. The molecule has 5 aromatic rings. The molecule has 100 heavy (non-hydrogen) atoms. The number of aliphatic carboxylic acids is 4. The van der Waals surface area contributed by atoms with Crippen molar-refractivity contribution in [2.75, 3.05) is 32.7 Å². The molecule has 0 fully saturated rings. The molecule has 0 saturated heterocycles. The van der Waals surface area contributed by atoms with Crippen LogP contribution in [0.4, 0.5) is 0 Å². The number of aromatic amines is 2. The first-order valence-electron chi connectivity index (χ1n) is 32.3. The number of unbranched alkanes of at least 4 members (excludes halogenated alkanes) is 3. The summed E-state index contributed by atoms with van der Waals surface area (Å²) in [5, 5.41) is 73.7. The van der Waals surface area contributed by atoms with Gasteiger partial charge in [0.15, 0.2) is 0 Å². The topological polar surface area (TPSA) is 596 Å². The molecule has 0 aliphatic heterocycles. The molecule has 0 aliphatic rings. The van der Waals surface area contributed by atoms with Gasteiger partial charge < -0.3 is 112 Å². The molecule has 0 saturated carbocycles. The average molecular weight is 1400 g/mol. The molecule has 2 aromatic heterocycles. The summed E-state index contributed by atoms with van der Waals surface area (Å²) in [4.78, 5) is 193. The van der Waals surface area contributed by atoms with Crippen molar-refractivity contribution in [1.82, 2.24) is 63.1 Å². The molecular formula is C65H88N16O19. The molecule has 542 valence electrons. The highest BCUT2D eigenvalue weighted by molar-refractivity contribution is 6.00. The van der Waals surface area contributed by atoms with Crippen LogP contribution in [0.1, 0.15) is 93.7 Å². The molecular weight excluding hydrogens is 1310 g/mol. The molecule has 9 atom stereocenters. The zero-order valence-electron chi connectivity index (χ0n) is 54.7. The van der Waals surface area contributed by atoms with Crippen LogP contribution in [0.15, 0.2) is 85.2 Å². The first-order valence-corrected chi connectivity index (χ1v) is 32.3. The summed E-state index contributed by atoms with van der Waals surface area (Å²) in [5.74, 6) is -17.2. The second-order valence-corrected chi connectivity index (χ2v) is 23.6. The molecule has 5 rings (SSSR count). The van der Waals surface area contributed by atoms with Crippen LogP contribution in [0, 0.1) is 0 Å². The minimum Gasteiger partial charge on any atom is -0.508 e. The molecule has 0 aliphatic carbocycles. The second-order valence-electron chi connectivity index (χ2n) is 23.6. The van der Waals surface area contributed by atoms with Crippen molar-refractivity contribution in [3.05, 3.63) is 102 Å². The van der Waals surface area contributed by atoms with E-state index in [9.17, 15) is 87.5 Å². The Morgan fingerprint density at radius 2 is 0.730 bits per heavy atom. The van der Waals surface area contributed by atoms with Gasteiger partial charge in [0.2, 0.25) is 59.1 Å². The van der Waals surface area contributed by atoms with Gasteiger partial charge in [0.1, 0.15) is 54.1 Å². The van der Waals surface area contributed by atoms with Gasteiger partial charge in [-0.25, -0.2) is 4.79 Å². The average Bonchev–Trinajstić information content (AvgIpc) is 1.67. The van der Waals surface area contributed by atoms with Crippen molar-refractivity contribution in [1.29, 1.82) is 0 Å². The van der Waals surface area contributed by atoms with Crippen LogP contribution in [0.5, 0.6) is 5.75 Å². The van der Waals surface area contributed by atoms with Gasteiger partial charge in [-0.2, -0.15) is 0 Å². The van der Waals surface area contributed by atoms with Gasteiger partial charge in [0.05, 0.1) is 38.4 Å². The van der Waals surface area contributed by atoms with Crippen LogP contribution in [0.2, 0.25) is 0 Å². The van der Waals surface area contributed by atoms with Crippen molar-refractivity contribution in [3.8, 4) is 5.75 Å². The minimum absolute atomic E-state index is 0.0203. The third-order valence-corrected chi connectivity index (χ3v) is 15.8. The molecule has 25 N–H and O–H groups in total. The Kier molecular flexibility index (Phi) is 32.4. The smallest absolute Gasteiger partial charge is 0.326 e. The Hall–Kier alpha value is -11.0. The summed E-state index contributed by atoms with van der Waals surface area (Å²) in [7, 11) is 0. The van der Waals surface area contributed by atoms with Crippen molar-refractivity contribution in [2.45, 2.75) is 151 Å². The van der Waals surface area contributed by atoms with Gasteiger partial charge >= 0.3 is 23.9 Å².